The topological polar surface area (TPSA) is 89.5 Å². The molecule has 126 valence electrons. The monoisotopic (exact) mass is 337 g/mol. The lowest BCUT2D eigenvalue weighted by Crippen LogP contribution is -2.08. The van der Waals surface area contributed by atoms with Crippen LogP contribution in [-0.2, 0) is 0 Å². The summed E-state index contributed by atoms with van der Waals surface area (Å²) >= 11 is 0. The lowest BCUT2D eigenvalue weighted by atomic mass is 10.1. The van der Waals surface area contributed by atoms with Gasteiger partial charge in [0.1, 0.15) is 0 Å². The molecular formula is C18H15N3O4. The summed E-state index contributed by atoms with van der Waals surface area (Å²) in [5.41, 5.74) is 1.82. The number of rotatable bonds is 4. The number of benzene rings is 2. The van der Waals surface area contributed by atoms with Crippen LogP contribution >= 0.6 is 0 Å². The van der Waals surface area contributed by atoms with Crippen LogP contribution in [-0.4, -0.2) is 24.0 Å². The molecule has 0 aliphatic carbocycles. The fourth-order valence-electron chi connectivity index (χ4n) is 2.35. The van der Waals surface area contributed by atoms with Crippen LogP contribution in [0.1, 0.15) is 0 Å². The van der Waals surface area contributed by atoms with E-state index in [2.05, 4.69) is 4.98 Å². The first-order valence-electron chi connectivity index (χ1n) is 7.49. The van der Waals surface area contributed by atoms with Gasteiger partial charge in [0.05, 0.1) is 16.7 Å². The predicted molar refractivity (Wildman–Crippen MR) is 94.6 cm³/mol. The molecule has 0 aliphatic rings. The lowest BCUT2D eigenvalue weighted by Gasteiger charge is -2.12. The quantitative estimate of drug-likeness (QED) is 0.536. The second-order valence-corrected chi connectivity index (χ2v) is 5.62. The van der Waals surface area contributed by atoms with Crippen molar-refractivity contribution in [3.8, 4) is 22.7 Å². The predicted octanol–water partition coefficient (Wildman–Crippen LogP) is 3.34. The largest absolute Gasteiger partial charge is 0.404 e. The molecular weight excluding hydrogens is 322 g/mol. The highest BCUT2D eigenvalue weighted by atomic mass is 16.6. The molecule has 0 N–H and O–H groups in total. The third-order valence-corrected chi connectivity index (χ3v) is 3.66. The van der Waals surface area contributed by atoms with Gasteiger partial charge in [0.15, 0.2) is 0 Å². The Balaban J connectivity index is 2.05. The van der Waals surface area contributed by atoms with Gasteiger partial charge >= 0.3 is 5.63 Å². The summed E-state index contributed by atoms with van der Waals surface area (Å²) in [5.74, 6) is 0.166. The Hall–Kier alpha value is -3.48. The van der Waals surface area contributed by atoms with Crippen LogP contribution in [0.15, 0.2) is 63.8 Å². The standard InChI is InChI=1S/C18H15N3O4/c1-20(2)14-8-6-12(7-9-14)18-19-16(11-17(22)25-18)13-4-3-5-15(10-13)21(23)24/h3-11H,1-2H3. The SMILES string of the molecule is CN(C)c1ccc(-c2nc(-c3cccc([N+](=O)[O-])c3)cc(=O)o2)cc1. The van der Waals surface area contributed by atoms with Crippen molar-refractivity contribution in [2.45, 2.75) is 0 Å². The van der Waals surface area contributed by atoms with Gasteiger partial charge in [-0.2, -0.15) is 0 Å². The van der Waals surface area contributed by atoms with Crippen molar-refractivity contribution in [1.29, 1.82) is 0 Å². The Bertz CT molecular complexity index is 978. The number of non-ortho nitro benzene ring substituents is 1. The number of nitrogens with zero attached hydrogens (tertiary/aromatic N) is 3. The van der Waals surface area contributed by atoms with Gasteiger partial charge in [0, 0.05) is 43.0 Å². The van der Waals surface area contributed by atoms with E-state index in [4.69, 9.17) is 4.42 Å². The van der Waals surface area contributed by atoms with Crippen LogP contribution in [0, 0.1) is 10.1 Å². The summed E-state index contributed by atoms with van der Waals surface area (Å²) in [7, 11) is 3.85. The van der Waals surface area contributed by atoms with Crippen molar-refractivity contribution in [1.82, 2.24) is 4.98 Å². The molecule has 0 radical (unpaired) electrons. The summed E-state index contributed by atoms with van der Waals surface area (Å²) < 4.78 is 5.19. The zero-order valence-corrected chi connectivity index (χ0v) is 13.7. The molecule has 25 heavy (non-hydrogen) atoms. The summed E-state index contributed by atoms with van der Waals surface area (Å²) in [6.07, 6.45) is 0. The maximum atomic E-state index is 11.9. The van der Waals surface area contributed by atoms with Crippen molar-refractivity contribution >= 4 is 11.4 Å². The maximum absolute atomic E-state index is 11.9. The highest BCUT2D eigenvalue weighted by Crippen LogP contribution is 2.25. The molecule has 0 atom stereocenters. The van der Waals surface area contributed by atoms with E-state index in [0.717, 1.165) is 5.69 Å². The van der Waals surface area contributed by atoms with E-state index in [0.29, 0.717) is 16.8 Å². The number of anilines is 1. The van der Waals surface area contributed by atoms with Gasteiger partial charge in [0.25, 0.3) is 5.69 Å². The minimum Gasteiger partial charge on any atom is -0.404 e. The van der Waals surface area contributed by atoms with E-state index in [1.165, 1.54) is 18.2 Å². The molecule has 0 amide bonds. The molecule has 7 nitrogen and oxygen atoms in total. The number of nitro benzene ring substituents is 1. The zero-order chi connectivity index (χ0) is 18.0. The molecule has 1 aromatic heterocycles. The van der Waals surface area contributed by atoms with Crippen LogP contribution < -0.4 is 10.5 Å². The molecule has 3 aromatic rings. The van der Waals surface area contributed by atoms with Crippen LogP contribution in [0.4, 0.5) is 11.4 Å². The number of aromatic nitrogens is 1. The highest BCUT2D eigenvalue weighted by molar-refractivity contribution is 5.65. The number of hydrogen-bond donors (Lipinski definition) is 0. The Labute approximate surface area is 143 Å². The molecule has 1 heterocycles. The van der Waals surface area contributed by atoms with Gasteiger partial charge in [-0.3, -0.25) is 10.1 Å². The van der Waals surface area contributed by atoms with Gasteiger partial charge in [-0.1, -0.05) is 12.1 Å². The number of hydrogen-bond acceptors (Lipinski definition) is 6. The van der Waals surface area contributed by atoms with Crippen molar-refractivity contribution in [3.63, 3.8) is 0 Å². The van der Waals surface area contributed by atoms with Gasteiger partial charge in [-0.15, -0.1) is 0 Å². The minimum atomic E-state index is -0.566. The van der Waals surface area contributed by atoms with E-state index in [1.54, 1.807) is 24.3 Å². The fourth-order valence-corrected chi connectivity index (χ4v) is 2.35. The first-order valence-corrected chi connectivity index (χ1v) is 7.49. The van der Waals surface area contributed by atoms with Crippen LogP contribution in [0.25, 0.3) is 22.7 Å². The molecule has 7 heteroatoms. The normalized spacial score (nSPS) is 10.5. The van der Waals surface area contributed by atoms with Crippen molar-refractivity contribution in [3.05, 3.63) is 75.1 Å². The van der Waals surface area contributed by atoms with E-state index in [-0.39, 0.29) is 11.6 Å². The summed E-state index contributed by atoms with van der Waals surface area (Å²) in [5, 5.41) is 10.9. The van der Waals surface area contributed by atoms with Crippen LogP contribution in [0.5, 0.6) is 0 Å². The van der Waals surface area contributed by atoms with Crippen LogP contribution in [0.2, 0.25) is 0 Å². The first kappa shape index (κ1) is 16.4. The van der Waals surface area contributed by atoms with Crippen LogP contribution in [0.3, 0.4) is 0 Å². The van der Waals surface area contributed by atoms with E-state index >= 15 is 0 Å². The molecule has 0 saturated heterocycles. The second kappa shape index (κ2) is 6.56. The van der Waals surface area contributed by atoms with E-state index < -0.39 is 10.5 Å². The van der Waals surface area contributed by atoms with E-state index in [1.807, 2.05) is 31.1 Å². The third-order valence-electron chi connectivity index (χ3n) is 3.66. The average Bonchev–Trinajstić information content (AvgIpc) is 2.61. The molecule has 0 aliphatic heterocycles. The molecule has 0 saturated carbocycles. The Morgan fingerprint density at radius 1 is 1.04 bits per heavy atom. The summed E-state index contributed by atoms with van der Waals surface area (Å²) in [6, 6.07) is 14.6. The molecule has 3 rings (SSSR count). The van der Waals surface area contributed by atoms with Gasteiger partial charge in [-0.25, -0.2) is 9.78 Å². The minimum absolute atomic E-state index is 0.0653. The maximum Gasteiger partial charge on any atom is 0.339 e. The third kappa shape index (κ3) is 3.55. The second-order valence-electron chi connectivity index (χ2n) is 5.62. The number of nitro groups is 1. The zero-order valence-electron chi connectivity index (χ0n) is 13.7. The highest BCUT2D eigenvalue weighted by Gasteiger charge is 2.12. The summed E-state index contributed by atoms with van der Waals surface area (Å²) in [4.78, 5) is 28.6. The van der Waals surface area contributed by atoms with Crippen molar-refractivity contribution in [2.24, 2.45) is 0 Å². The molecule has 0 bridgehead atoms. The van der Waals surface area contributed by atoms with Crippen molar-refractivity contribution < 1.29 is 9.34 Å². The molecule has 0 fully saturated rings. The lowest BCUT2D eigenvalue weighted by molar-refractivity contribution is -0.384. The molecule has 2 aromatic carbocycles. The molecule has 0 unspecified atom stereocenters. The summed E-state index contributed by atoms with van der Waals surface area (Å²) in [6.45, 7) is 0. The average molecular weight is 337 g/mol. The van der Waals surface area contributed by atoms with Gasteiger partial charge in [0.2, 0.25) is 5.89 Å². The molecule has 0 spiro atoms. The van der Waals surface area contributed by atoms with E-state index in [9.17, 15) is 14.9 Å². The smallest absolute Gasteiger partial charge is 0.339 e. The first-order chi connectivity index (χ1) is 11.9. The Kier molecular flexibility index (Phi) is 4.30. The van der Waals surface area contributed by atoms with Gasteiger partial charge < -0.3 is 9.32 Å². The Morgan fingerprint density at radius 2 is 1.76 bits per heavy atom. The fraction of sp³-hybridized carbons (Fsp3) is 0.111. The van der Waals surface area contributed by atoms with Crippen molar-refractivity contribution in [2.75, 3.05) is 19.0 Å². The van der Waals surface area contributed by atoms with Gasteiger partial charge in [-0.05, 0) is 24.3 Å². The Morgan fingerprint density at radius 3 is 2.40 bits per heavy atom.